The van der Waals surface area contributed by atoms with Crippen LogP contribution in [0.3, 0.4) is 0 Å². The fourth-order valence-electron chi connectivity index (χ4n) is 1.65. The number of carbonyl (C=O) groups excluding carboxylic acids is 1. The molecule has 1 aliphatic heterocycles. The molecule has 1 aromatic rings. The lowest BCUT2D eigenvalue weighted by Gasteiger charge is -2.10. The number of rotatable bonds is 4. The predicted molar refractivity (Wildman–Crippen MR) is 62.9 cm³/mol. The summed E-state index contributed by atoms with van der Waals surface area (Å²) < 4.78 is 5.19. The van der Waals surface area contributed by atoms with Crippen LogP contribution in [0.1, 0.15) is 23.8 Å². The maximum atomic E-state index is 11.9. The maximum absolute atomic E-state index is 11.9. The molecule has 1 fully saturated rings. The van der Waals surface area contributed by atoms with Crippen LogP contribution in [-0.4, -0.2) is 41.7 Å². The van der Waals surface area contributed by atoms with E-state index in [4.69, 9.17) is 4.74 Å². The van der Waals surface area contributed by atoms with Gasteiger partial charge < -0.3 is 15.4 Å². The van der Waals surface area contributed by atoms with Crippen molar-refractivity contribution in [3.63, 3.8) is 0 Å². The summed E-state index contributed by atoms with van der Waals surface area (Å²) in [6.07, 6.45) is 3.91. The first-order chi connectivity index (χ1) is 8.29. The van der Waals surface area contributed by atoms with Crippen molar-refractivity contribution in [2.75, 3.05) is 25.1 Å². The summed E-state index contributed by atoms with van der Waals surface area (Å²) in [7, 11) is 0. The van der Waals surface area contributed by atoms with Crippen LogP contribution in [0.2, 0.25) is 0 Å². The van der Waals surface area contributed by atoms with Crippen molar-refractivity contribution >= 4 is 11.7 Å². The third kappa shape index (κ3) is 3.13. The Balaban J connectivity index is 1.99. The summed E-state index contributed by atoms with van der Waals surface area (Å²) >= 11 is 0. The summed E-state index contributed by atoms with van der Waals surface area (Å²) in [5.74, 6) is 0.413. The molecule has 1 atom stereocenters. The highest BCUT2D eigenvalue weighted by Crippen LogP contribution is 2.06. The highest BCUT2D eigenvalue weighted by atomic mass is 16.5. The molecule has 1 aromatic heterocycles. The fraction of sp³-hybridized carbons (Fsp3) is 0.545. The minimum absolute atomic E-state index is 0.0899. The number of hydrogen-bond acceptors (Lipinski definition) is 5. The molecular weight excluding hydrogens is 220 g/mol. The molecule has 6 heteroatoms. The van der Waals surface area contributed by atoms with E-state index in [0.29, 0.717) is 24.7 Å². The van der Waals surface area contributed by atoms with E-state index in [1.165, 1.54) is 6.20 Å². The van der Waals surface area contributed by atoms with Crippen molar-refractivity contribution in [3.05, 3.63) is 18.1 Å². The van der Waals surface area contributed by atoms with Gasteiger partial charge in [0.1, 0.15) is 11.5 Å². The van der Waals surface area contributed by atoms with Crippen molar-refractivity contribution in [1.82, 2.24) is 15.3 Å². The van der Waals surface area contributed by atoms with E-state index in [1.54, 1.807) is 6.20 Å². The van der Waals surface area contributed by atoms with Gasteiger partial charge in [0.2, 0.25) is 0 Å². The molecule has 0 spiro atoms. The van der Waals surface area contributed by atoms with Gasteiger partial charge in [-0.15, -0.1) is 0 Å². The number of aromatic nitrogens is 2. The lowest BCUT2D eigenvalue weighted by molar-refractivity contribution is 0.0924. The smallest absolute Gasteiger partial charge is 0.271 e. The highest BCUT2D eigenvalue weighted by molar-refractivity contribution is 5.92. The van der Waals surface area contributed by atoms with Gasteiger partial charge in [-0.1, -0.05) is 0 Å². The zero-order valence-electron chi connectivity index (χ0n) is 9.77. The molecule has 92 valence electrons. The van der Waals surface area contributed by atoms with E-state index in [0.717, 1.165) is 13.0 Å². The topological polar surface area (TPSA) is 76.1 Å². The summed E-state index contributed by atoms with van der Waals surface area (Å²) in [5, 5.41) is 5.89. The average molecular weight is 236 g/mol. The molecule has 0 aromatic carbocycles. The summed E-state index contributed by atoms with van der Waals surface area (Å²) in [5.41, 5.74) is 0.329. The average Bonchev–Trinajstić information content (AvgIpc) is 2.83. The molecule has 1 aliphatic rings. The van der Waals surface area contributed by atoms with Gasteiger partial charge in [0, 0.05) is 13.2 Å². The SMILES string of the molecule is CCNc1cncc(C(=O)NC2CCOC2)n1. The first-order valence-electron chi connectivity index (χ1n) is 5.74. The van der Waals surface area contributed by atoms with Crippen molar-refractivity contribution < 1.29 is 9.53 Å². The normalized spacial score (nSPS) is 19.0. The molecule has 0 bridgehead atoms. The van der Waals surface area contributed by atoms with Crippen LogP contribution in [0, 0.1) is 0 Å². The van der Waals surface area contributed by atoms with Crippen molar-refractivity contribution in [1.29, 1.82) is 0 Å². The van der Waals surface area contributed by atoms with E-state index in [9.17, 15) is 4.79 Å². The largest absolute Gasteiger partial charge is 0.379 e. The molecule has 0 saturated carbocycles. The Morgan fingerprint density at radius 1 is 1.59 bits per heavy atom. The minimum atomic E-state index is -0.201. The van der Waals surface area contributed by atoms with Crippen molar-refractivity contribution in [3.8, 4) is 0 Å². The lowest BCUT2D eigenvalue weighted by Crippen LogP contribution is -2.35. The Kier molecular flexibility index (Phi) is 3.87. The zero-order valence-corrected chi connectivity index (χ0v) is 9.77. The molecule has 2 N–H and O–H groups in total. The summed E-state index contributed by atoms with van der Waals surface area (Å²) in [6.45, 7) is 3.99. The van der Waals surface area contributed by atoms with Crippen molar-refractivity contribution in [2.24, 2.45) is 0 Å². The maximum Gasteiger partial charge on any atom is 0.271 e. The fourth-order valence-corrected chi connectivity index (χ4v) is 1.65. The van der Waals surface area contributed by atoms with Crippen LogP contribution < -0.4 is 10.6 Å². The molecular formula is C11H16N4O2. The van der Waals surface area contributed by atoms with Crippen molar-refractivity contribution in [2.45, 2.75) is 19.4 Å². The monoisotopic (exact) mass is 236 g/mol. The second kappa shape index (κ2) is 5.58. The Morgan fingerprint density at radius 2 is 2.47 bits per heavy atom. The number of hydrogen-bond donors (Lipinski definition) is 2. The minimum Gasteiger partial charge on any atom is -0.379 e. The molecule has 6 nitrogen and oxygen atoms in total. The number of anilines is 1. The number of ether oxygens (including phenoxy) is 1. The lowest BCUT2D eigenvalue weighted by atomic mass is 10.2. The summed E-state index contributed by atoms with van der Waals surface area (Å²) in [4.78, 5) is 20.0. The Hall–Kier alpha value is -1.69. The first kappa shape index (κ1) is 11.8. The third-order valence-electron chi connectivity index (χ3n) is 2.49. The molecule has 1 amide bonds. The number of nitrogens with one attached hydrogen (secondary N) is 2. The van der Waals surface area contributed by atoms with E-state index >= 15 is 0 Å². The van der Waals surface area contributed by atoms with E-state index in [2.05, 4.69) is 20.6 Å². The first-order valence-corrected chi connectivity index (χ1v) is 5.74. The van der Waals surface area contributed by atoms with Gasteiger partial charge in [0.15, 0.2) is 0 Å². The standard InChI is InChI=1S/C11H16N4O2/c1-2-13-10-6-12-5-9(15-10)11(16)14-8-3-4-17-7-8/h5-6,8H,2-4,7H2,1H3,(H,13,15)(H,14,16). The van der Waals surface area contributed by atoms with Crippen LogP contribution in [0.5, 0.6) is 0 Å². The molecule has 17 heavy (non-hydrogen) atoms. The van der Waals surface area contributed by atoms with Crippen LogP contribution in [0.25, 0.3) is 0 Å². The van der Waals surface area contributed by atoms with Crippen LogP contribution in [-0.2, 0) is 4.74 Å². The third-order valence-corrected chi connectivity index (χ3v) is 2.49. The Labute approximate surface area is 99.8 Å². The molecule has 2 rings (SSSR count). The van der Waals surface area contributed by atoms with Crippen LogP contribution in [0.15, 0.2) is 12.4 Å². The van der Waals surface area contributed by atoms with Gasteiger partial charge in [0.05, 0.1) is 25.0 Å². The van der Waals surface area contributed by atoms with Gasteiger partial charge in [-0.05, 0) is 13.3 Å². The molecule has 1 saturated heterocycles. The number of nitrogens with zero attached hydrogens (tertiary/aromatic N) is 2. The highest BCUT2D eigenvalue weighted by Gasteiger charge is 2.19. The molecule has 1 unspecified atom stereocenters. The van der Waals surface area contributed by atoms with Gasteiger partial charge in [-0.3, -0.25) is 9.78 Å². The Bertz CT molecular complexity index is 391. The molecule has 0 radical (unpaired) electrons. The second-order valence-corrected chi connectivity index (χ2v) is 3.85. The summed E-state index contributed by atoms with van der Waals surface area (Å²) in [6, 6.07) is 0.0899. The number of amides is 1. The predicted octanol–water partition coefficient (Wildman–Crippen LogP) is 0.427. The molecule has 2 heterocycles. The van der Waals surface area contributed by atoms with Gasteiger partial charge in [-0.25, -0.2) is 4.98 Å². The van der Waals surface area contributed by atoms with E-state index in [1.807, 2.05) is 6.92 Å². The van der Waals surface area contributed by atoms with Crippen LogP contribution in [0.4, 0.5) is 5.82 Å². The van der Waals surface area contributed by atoms with Gasteiger partial charge in [0.25, 0.3) is 5.91 Å². The van der Waals surface area contributed by atoms with Gasteiger partial charge >= 0.3 is 0 Å². The van der Waals surface area contributed by atoms with E-state index < -0.39 is 0 Å². The number of carbonyl (C=O) groups is 1. The zero-order chi connectivity index (χ0) is 12.1. The molecule has 0 aliphatic carbocycles. The Morgan fingerprint density at radius 3 is 3.18 bits per heavy atom. The quantitative estimate of drug-likeness (QED) is 0.792. The van der Waals surface area contributed by atoms with E-state index in [-0.39, 0.29) is 11.9 Å². The van der Waals surface area contributed by atoms with Crippen LogP contribution >= 0.6 is 0 Å². The second-order valence-electron chi connectivity index (χ2n) is 3.85. The van der Waals surface area contributed by atoms with Gasteiger partial charge in [-0.2, -0.15) is 0 Å².